The van der Waals surface area contributed by atoms with Crippen molar-refractivity contribution in [2.75, 3.05) is 26.1 Å². The zero-order valence-corrected chi connectivity index (χ0v) is 17.1. The lowest BCUT2D eigenvalue weighted by atomic mass is 9.69. The van der Waals surface area contributed by atoms with Crippen molar-refractivity contribution < 1.29 is 33.4 Å². The molecule has 5 rings (SSSR count). The summed E-state index contributed by atoms with van der Waals surface area (Å²) in [6.45, 7) is 4.27. The van der Waals surface area contributed by atoms with E-state index in [0.717, 1.165) is 5.56 Å². The summed E-state index contributed by atoms with van der Waals surface area (Å²) in [6.07, 6.45) is -0.576. The number of hydrogen-bond acceptors (Lipinski definition) is 8. The molecule has 0 aliphatic carbocycles. The molecule has 160 valence electrons. The minimum absolute atomic E-state index is 0.0229. The smallest absolute Gasteiger partial charge is 0.325 e. The van der Waals surface area contributed by atoms with Gasteiger partial charge in [-0.05, 0) is 29.3 Å². The lowest BCUT2D eigenvalue weighted by Crippen LogP contribution is -2.60. The molecule has 0 spiro atoms. The van der Waals surface area contributed by atoms with Crippen LogP contribution < -0.4 is 14.5 Å². The van der Waals surface area contributed by atoms with Gasteiger partial charge in [0.05, 0.1) is 19.9 Å². The van der Waals surface area contributed by atoms with Crippen molar-refractivity contribution in [3.05, 3.63) is 60.2 Å². The maximum absolute atomic E-state index is 13.3. The van der Waals surface area contributed by atoms with Crippen molar-refractivity contribution >= 4 is 23.2 Å². The van der Waals surface area contributed by atoms with Crippen LogP contribution in [0.2, 0.25) is 0 Å². The number of esters is 2. The van der Waals surface area contributed by atoms with Crippen LogP contribution in [-0.2, 0) is 23.9 Å². The van der Waals surface area contributed by atoms with Crippen molar-refractivity contribution in [1.29, 1.82) is 0 Å². The Morgan fingerprint density at radius 2 is 1.77 bits per heavy atom. The number of ether oxygens (including phenoxy) is 4. The zero-order chi connectivity index (χ0) is 21.8. The SMILES string of the molecule is C=C1c2ccccc2N2OC1CC(C(=O)OC)(C(=O)OC)[C@H]2c1ccc2c(c1)OCO2. The highest BCUT2D eigenvalue weighted by Gasteiger charge is 2.63. The molecule has 0 amide bonds. The summed E-state index contributed by atoms with van der Waals surface area (Å²) in [5.74, 6) is -0.287. The van der Waals surface area contributed by atoms with Crippen LogP contribution in [0.25, 0.3) is 5.57 Å². The van der Waals surface area contributed by atoms with E-state index in [0.29, 0.717) is 28.3 Å². The molecule has 8 heteroatoms. The molecule has 3 aliphatic rings. The van der Waals surface area contributed by atoms with Crippen LogP contribution in [0.1, 0.15) is 23.6 Å². The first-order valence-corrected chi connectivity index (χ1v) is 9.82. The number of hydrogen-bond donors (Lipinski definition) is 0. The summed E-state index contributed by atoms with van der Waals surface area (Å²) >= 11 is 0. The number of methoxy groups -OCH3 is 2. The Bertz CT molecular complexity index is 1080. The fraction of sp³-hybridized carbons (Fsp3) is 0.304. The van der Waals surface area contributed by atoms with Gasteiger partial charge in [0.1, 0.15) is 12.1 Å². The molecule has 1 saturated heterocycles. The third kappa shape index (κ3) is 2.64. The highest BCUT2D eigenvalue weighted by atomic mass is 16.7. The summed E-state index contributed by atoms with van der Waals surface area (Å²) in [5, 5.41) is 1.60. The number of nitrogens with zero attached hydrogens (tertiary/aromatic N) is 1. The lowest BCUT2D eigenvalue weighted by Gasteiger charge is -2.52. The van der Waals surface area contributed by atoms with Crippen molar-refractivity contribution in [1.82, 2.24) is 0 Å². The first-order chi connectivity index (χ1) is 15.0. The van der Waals surface area contributed by atoms with Crippen LogP contribution in [0.3, 0.4) is 0 Å². The second kappa shape index (κ2) is 7.02. The molecule has 2 aromatic rings. The largest absolute Gasteiger partial charge is 0.468 e. The molecule has 3 heterocycles. The molecule has 0 aromatic heterocycles. The fourth-order valence-electron chi connectivity index (χ4n) is 4.67. The van der Waals surface area contributed by atoms with Gasteiger partial charge in [-0.2, -0.15) is 0 Å². The van der Waals surface area contributed by atoms with Gasteiger partial charge in [0.15, 0.2) is 16.9 Å². The summed E-state index contributed by atoms with van der Waals surface area (Å²) in [7, 11) is 2.51. The minimum atomic E-state index is -1.68. The standard InChI is InChI=1S/C23H21NO7/c1-13-15-6-4-5-7-16(15)24-20(14-8-9-17-18(10-14)30-12-29-17)23(21(25)27-2,22(26)28-3)11-19(13)31-24/h4-10,19-20H,1,11-12H2,2-3H3/t19?,20-/m1/s1. The summed E-state index contributed by atoms with van der Waals surface area (Å²) in [4.78, 5) is 32.8. The van der Waals surface area contributed by atoms with Crippen LogP contribution in [-0.4, -0.2) is 39.1 Å². The summed E-state index contributed by atoms with van der Waals surface area (Å²) in [5.41, 5.74) is 1.22. The predicted molar refractivity (Wildman–Crippen MR) is 109 cm³/mol. The molecule has 0 radical (unpaired) electrons. The molecule has 0 N–H and O–H groups in total. The number of benzene rings is 2. The van der Waals surface area contributed by atoms with E-state index < -0.39 is 29.5 Å². The van der Waals surface area contributed by atoms with Gasteiger partial charge in [0.25, 0.3) is 0 Å². The lowest BCUT2D eigenvalue weighted by molar-refractivity contribution is -0.183. The average molecular weight is 423 g/mol. The van der Waals surface area contributed by atoms with Crippen LogP contribution >= 0.6 is 0 Å². The minimum Gasteiger partial charge on any atom is -0.468 e. The van der Waals surface area contributed by atoms with E-state index in [1.807, 2.05) is 24.3 Å². The number of carbonyl (C=O) groups is 2. The number of carbonyl (C=O) groups excluding carboxylic acids is 2. The number of hydroxylamine groups is 1. The Labute approximate surface area is 178 Å². The van der Waals surface area contributed by atoms with Crippen LogP contribution in [0.4, 0.5) is 5.69 Å². The maximum Gasteiger partial charge on any atom is 0.325 e. The Hall–Kier alpha value is -3.52. The highest BCUT2D eigenvalue weighted by Crippen LogP contribution is 2.56. The van der Waals surface area contributed by atoms with Gasteiger partial charge in [0, 0.05) is 12.0 Å². The Morgan fingerprint density at radius 1 is 1.06 bits per heavy atom. The molecular formula is C23H21NO7. The van der Waals surface area contributed by atoms with Gasteiger partial charge >= 0.3 is 11.9 Å². The molecule has 0 saturated carbocycles. The van der Waals surface area contributed by atoms with Crippen molar-refractivity contribution in [3.8, 4) is 11.5 Å². The Morgan fingerprint density at radius 3 is 2.52 bits per heavy atom. The number of rotatable bonds is 3. The molecule has 2 bridgehead atoms. The third-order valence-electron chi connectivity index (χ3n) is 6.14. The van der Waals surface area contributed by atoms with Gasteiger partial charge < -0.3 is 18.9 Å². The van der Waals surface area contributed by atoms with E-state index in [-0.39, 0.29) is 13.2 Å². The second-order valence-corrected chi connectivity index (χ2v) is 7.64. The molecular weight excluding hydrogens is 402 g/mol. The topological polar surface area (TPSA) is 83.5 Å². The first-order valence-electron chi connectivity index (χ1n) is 9.82. The predicted octanol–water partition coefficient (Wildman–Crippen LogP) is 3.03. The molecule has 2 aromatic carbocycles. The highest BCUT2D eigenvalue weighted by molar-refractivity contribution is 6.03. The van der Waals surface area contributed by atoms with E-state index in [2.05, 4.69) is 6.58 Å². The molecule has 2 atom stereocenters. The number of anilines is 1. The van der Waals surface area contributed by atoms with Crippen LogP contribution in [0.5, 0.6) is 11.5 Å². The third-order valence-corrected chi connectivity index (χ3v) is 6.14. The monoisotopic (exact) mass is 423 g/mol. The molecule has 1 unspecified atom stereocenters. The Kier molecular flexibility index (Phi) is 4.40. The average Bonchev–Trinajstić information content (AvgIpc) is 3.28. The van der Waals surface area contributed by atoms with Crippen LogP contribution in [0, 0.1) is 5.41 Å². The first kappa shape index (κ1) is 19.4. The van der Waals surface area contributed by atoms with E-state index in [4.69, 9.17) is 23.8 Å². The van der Waals surface area contributed by atoms with E-state index >= 15 is 0 Å². The van der Waals surface area contributed by atoms with E-state index in [1.165, 1.54) is 14.2 Å². The second-order valence-electron chi connectivity index (χ2n) is 7.64. The van der Waals surface area contributed by atoms with Crippen LogP contribution in [0.15, 0.2) is 49.0 Å². The summed E-state index contributed by atoms with van der Waals surface area (Å²) in [6, 6.07) is 12.0. The quantitative estimate of drug-likeness (QED) is 0.550. The van der Waals surface area contributed by atoms with E-state index in [1.54, 1.807) is 23.3 Å². The van der Waals surface area contributed by atoms with Gasteiger partial charge in [0.2, 0.25) is 6.79 Å². The molecule has 8 nitrogen and oxygen atoms in total. The van der Waals surface area contributed by atoms with Gasteiger partial charge in [-0.3, -0.25) is 14.4 Å². The van der Waals surface area contributed by atoms with Gasteiger partial charge in [-0.25, -0.2) is 5.06 Å². The van der Waals surface area contributed by atoms with Gasteiger partial charge in [-0.1, -0.05) is 30.8 Å². The molecule has 1 fully saturated rings. The Balaban J connectivity index is 1.77. The molecule has 31 heavy (non-hydrogen) atoms. The fourth-order valence-corrected chi connectivity index (χ4v) is 4.67. The zero-order valence-electron chi connectivity index (χ0n) is 17.1. The van der Waals surface area contributed by atoms with Gasteiger partial charge in [-0.15, -0.1) is 0 Å². The summed E-state index contributed by atoms with van der Waals surface area (Å²) < 4.78 is 21.2. The van der Waals surface area contributed by atoms with Crippen molar-refractivity contribution in [2.45, 2.75) is 18.6 Å². The van der Waals surface area contributed by atoms with E-state index in [9.17, 15) is 9.59 Å². The molecule has 3 aliphatic heterocycles. The normalized spacial score (nSPS) is 22.5. The number of fused-ring (bicyclic) bond motifs is 5. The van der Waals surface area contributed by atoms with Crippen molar-refractivity contribution in [3.63, 3.8) is 0 Å². The number of para-hydroxylation sites is 1. The van der Waals surface area contributed by atoms with Crippen molar-refractivity contribution in [2.24, 2.45) is 5.41 Å². The maximum atomic E-state index is 13.3.